The van der Waals surface area contributed by atoms with Crippen LogP contribution in [0.15, 0.2) is 23.6 Å². The molecule has 0 saturated heterocycles. The molecule has 0 saturated carbocycles. The number of anilines is 1. The molecule has 0 fully saturated rings. The minimum absolute atomic E-state index is 0.0660. The van der Waals surface area contributed by atoms with E-state index in [4.69, 9.17) is 23.2 Å². The second-order valence-corrected chi connectivity index (χ2v) is 5.55. The highest BCUT2D eigenvalue weighted by molar-refractivity contribution is 7.09. The number of aromatic nitrogens is 1. The van der Waals surface area contributed by atoms with Gasteiger partial charge in [-0.05, 0) is 24.6 Å². The summed E-state index contributed by atoms with van der Waals surface area (Å²) in [7, 11) is 0. The van der Waals surface area contributed by atoms with Crippen LogP contribution >= 0.6 is 22.9 Å². The van der Waals surface area contributed by atoms with Gasteiger partial charge >= 0.3 is 0 Å². The number of nitrogens with two attached hydrogens (primary N) is 2. The Morgan fingerprint density at radius 2 is 2.28 bits per heavy atom. The maximum atomic E-state index is 5.96. The number of benzene rings is 1. The molecule has 0 aliphatic carbocycles. The fraction of sp³-hybridized carbons (Fsp3) is 0.250. The molecule has 1 aromatic heterocycles. The van der Waals surface area contributed by atoms with Crippen molar-refractivity contribution in [1.29, 1.82) is 0 Å². The van der Waals surface area contributed by atoms with E-state index in [1.54, 1.807) is 17.4 Å². The van der Waals surface area contributed by atoms with E-state index in [0.29, 0.717) is 17.1 Å². The summed E-state index contributed by atoms with van der Waals surface area (Å²) in [6.45, 7) is 1.98. The van der Waals surface area contributed by atoms with Gasteiger partial charge in [-0.3, -0.25) is 11.3 Å². The molecule has 2 aromatic rings. The average Bonchev–Trinajstić information content (AvgIpc) is 2.72. The quantitative estimate of drug-likeness (QED) is 0.457. The van der Waals surface area contributed by atoms with Crippen LogP contribution in [0.3, 0.4) is 0 Å². The third kappa shape index (κ3) is 3.00. The lowest BCUT2D eigenvalue weighted by molar-refractivity contribution is 0.548. The summed E-state index contributed by atoms with van der Waals surface area (Å²) >= 11 is 7.51. The monoisotopic (exact) mass is 282 g/mol. The number of thiazole rings is 1. The Kier molecular flexibility index (Phi) is 4.19. The second-order valence-electron chi connectivity index (χ2n) is 4.05. The lowest BCUT2D eigenvalue weighted by Gasteiger charge is -2.17. The van der Waals surface area contributed by atoms with Gasteiger partial charge in [0.2, 0.25) is 0 Å². The molecule has 2 rings (SSSR count). The zero-order chi connectivity index (χ0) is 13.1. The van der Waals surface area contributed by atoms with Crippen LogP contribution in [-0.2, 0) is 6.42 Å². The van der Waals surface area contributed by atoms with Crippen molar-refractivity contribution in [2.75, 3.05) is 5.73 Å². The maximum Gasteiger partial charge on any atom is 0.0897 e. The minimum atomic E-state index is -0.0660. The van der Waals surface area contributed by atoms with E-state index in [-0.39, 0.29) is 6.04 Å². The molecule has 1 heterocycles. The van der Waals surface area contributed by atoms with Crippen molar-refractivity contribution in [2.45, 2.75) is 19.4 Å². The summed E-state index contributed by atoms with van der Waals surface area (Å²) in [5.41, 5.74) is 11.3. The zero-order valence-electron chi connectivity index (χ0n) is 9.98. The second kappa shape index (κ2) is 5.67. The van der Waals surface area contributed by atoms with E-state index in [1.807, 2.05) is 24.4 Å². The Morgan fingerprint density at radius 3 is 2.83 bits per heavy atom. The molecular formula is C12H15ClN4S. The standard InChI is InChI=1S/C12H15ClN4S/c1-7-16-9(6-18-7)5-12(17-15)10-3-2-8(13)4-11(10)14/h2-4,6,12,17H,5,14-15H2,1H3. The van der Waals surface area contributed by atoms with Gasteiger partial charge in [-0.25, -0.2) is 4.98 Å². The molecule has 6 heteroatoms. The normalized spacial score (nSPS) is 12.6. The van der Waals surface area contributed by atoms with Gasteiger partial charge in [-0.1, -0.05) is 17.7 Å². The molecule has 1 atom stereocenters. The van der Waals surface area contributed by atoms with Crippen molar-refractivity contribution in [3.63, 3.8) is 0 Å². The van der Waals surface area contributed by atoms with E-state index in [2.05, 4.69) is 10.4 Å². The number of rotatable bonds is 4. The molecule has 0 aliphatic heterocycles. The number of hydrazine groups is 1. The van der Waals surface area contributed by atoms with Gasteiger partial charge in [0.25, 0.3) is 0 Å². The van der Waals surface area contributed by atoms with Crippen molar-refractivity contribution in [3.05, 3.63) is 44.9 Å². The smallest absolute Gasteiger partial charge is 0.0897 e. The van der Waals surface area contributed by atoms with Gasteiger partial charge in [0.1, 0.15) is 0 Å². The van der Waals surface area contributed by atoms with Crippen LogP contribution < -0.4 is 17.0 Å². The van der Waals surface area contributed by atoms with Crippen molar-refractivity contribution in [1.82, 2.24) is 10.4 Å². The molecule has 0 amide bonds. The number of hydrogen-bond acceptors (Lipinski definition) is 5. The first-order valence-corrected chi connectivity index (χ1v) is 6.78. The van der Waals surface area contributed by atoms with Crippen LogP contribution in [0.5, 0.6) is 0 Å². The van der Waals surface area contributed by atoms with E-state index >= 15 is 0 Å². The van der Waals surface area contributed by atoms with Gasteiger partial charge in [0.05, 0.1) is 16.7 Å². The molecule has 1 unspecified atom stereocenters. The molecule has 0 aliphatic rings. The topological polar surface area (TPSA) is 77.0 Å². The number of halogens is 1. The predicted octanol–water partition coefficient (Wildman–Crippen LogP) is 2.43. The lowest BCUT2D eigenvalue weighted by Crippen LogP contribution is -2.30. The van der Waals surface area contributed by atoms with Gasteiger partial charge in [0, 0.05) is 22.5 Å². The molecule has 0 spiro atoms. The SMILES string of the molecule is Cc1nc(CC(NN)c2ccc(Cl)cc2N)cs1. The summed E-state index contributed by atoms with van der Waals surface area (Å²) < 4.78 is 0. The maximum absolute atomic E-state index is 5.96. The Labute approximate surface area is 115 Å². The van der Waals surface area contributed by atoms with Gasteiger partial charge < -0.3 is 5.73 Å². The van der Waals surface area contributed by atoms with E-state index < -0.39 is 0 Å². The third-order valence-corrected chi connectivity index (χ3v) is 3.76. The Balaban J connectivity index is 2.22. The average molecular weight is 283 g/mol. The molecule has 18 heavy (non-hydrogen) atoms. The van der Waals surface area contributed by atoms with Gasteiger partial charge in [-0.2, -0.15) is 0 Å². The number of nitrogens with zero attached hydrogens (tertiary/aromatic N) is 1. The largest absolute Gasteiger partial charge is 0.398 e. The summed E-state index contributed by atoms with van der Waals surface area (Å²) in [6.07, 6.45) is 0.701. The molecule has 0 radical (unpaired) electrons. The minimum Gasteiger partial charge on any atom is -0.398 e. The van der Waals surface area contributed by atoms with Gasteiger partial charge in [0.15, 0.2) is 0 Å². The summed E-state index contributed by atoms with van der Waals surface area (Å²) in [5, 5.41) is 3.70. The Morgan fingerprint density at radius 1 is 1.50 bits per heavy atom. The first-order chi connectivity index (χ1) is 8.60. The molecule has 1 aromatic carbocycles. The molecule has 96 valence electrons. The summed E-state index contributed by atoms with van der Waals surface area (Å²) in [4.78, 5) is 4.43. The molecular weight excluding hydrogens is 268 g/mol. The number of aryl methyl sites for hydroxylation is 1. The van der Waals surface area contributed by atoms with Crippen molar-refractivity contribution in [3.8, 4) is 0 Å². The lowest BCUT2D eigenvalue weighted by atomic mass is 10.0. The van der Waals surface area contributed by atoms with Crippen LogP contribution in [0.1, 0.15) is 22.3 Å². The molecule has 5 N–H and O–H groups in total. The van der Waals surface area contributed by atoms with E-state index in [0.717, 1.165) is 16.3 Å². The zero-order valence-corrected chi connectivity index (χ0v) is 11.6. The van der Waals surface area contributed by atoms with Crippen molar-refractivity contribution >= 4 is 28.6 Å². The summed E-state index contributed by atoms with van der Waals surface area (Å²) in [6, 6.07) is 5.36. The van der Waals surface area contributed by atoms with E-state index in [1.165, 1.54) is 0 Å². The highest BCUT2D eigenvalue weighted by Crippen LogP contribution is 2.26. The highest BCUT2D eigenvalue weighted by Gasteiger charge is 2.15. The molecule has 0 bridgehead atoms. The Bertz CT molecular complexity index is 541. The van der Waals surface area contributed by atoms with Crippen LogP contribution in [0.25, 0.3) is 0 Å². The fourth-order valence-electron chi connectivity index (χ4n) is 1.83. The first kappa shape index (κ1) is 13.3. The molecule has 4 nitrogen and oxygen atoms in total. The third-order valence-electron chi connectivity index (χ3n) is 2.71. The Hall–Kier alpha value is -1.14. The number of nitrogens with one attached hydrogen (secondary N) is 1. The van der Waals surface area contributed by atoms with Gasteiger partial charge in [-0.15, -0.1) is 11.3 Å². The summed E-state index contributed by atoms with van der Waals surface area (Å²) in [5.74, 6) is 5.60. The number of nitrogen functional groups attached to an aromatic ring is 1. The number of hydrogen-bond donors (Lipinski definition) is 3. The van der Waals surface area contributed by atoms with Crippen LogP contribution in [0, 0.1) is 6.92 Å². The predicted molar refractivity (Wildman–Crippen MR) is 76.5 cm³/mol. The van der Waals surface area contributed by atoms with Crippen LogP contribution in [0.2, 0.25) is 5.02 Å². The fourth-order valence-corrected chi connectivity index (χ4v) is 2.64. The van der Waals surface area contributed by atoms with Crippen LogP contribution in [-0.4, -0.2) is 4.98 Å². The van der Waals surface area contributed by atoms with Crippen molar-refractivity contribution < 1.29 is 0 Å². The van der Waals surface area contributed by atoms with Crippen molar-refractivity contribution in [2.24, 2.45) is 5.84 Å². The highest BCUT2D eigenvalue weighted by atomic mass is 35.5. The first-order valence-electron chi connectivity index (χ1n) is 5.52. The van der Waals surface area contributed by atoms with E-state index in [9.17, 15) is 0 Å². The van der Waals surface area contributed by atoms with Crippen LogP contribution in [0.4, 0.5) is 5.69 Å².